The van der Waals surface area contributed by atoms with E-state index >= 15 is 0 Å². The molecule has 2 aromatic carbocycles. The van der Waals surface area contributed by atoms with Crippen molar-refractivity contribution in [3.63, 3.8) is 0 Å². The van der Waals surface area contributed by atoms with Gasteiger partial charge in [-0.25, -0.2) is 0 Å². The predicted octanol–water partition coefficient (Wildman–Crippen LogP) is 5.64. The van der Waals surface area contributed by atoms with E-state index in [1.165, 1.54) is 18.2 Å². The van der Waals surface area contributed by atoms with Crippen LogP contribution in [0.2, 0.25) is 0 Å². The lowest BCUT2D eigenvalue weighted by Gasteiger charge is -2.28. The molecule has 0 amide bonds. The summed E-state index contributed by atoms with van der Waals surface area (Å²) in [6.07, 6.45) is -4.82. The first kappa shape index (κ1) is 22.4. The smallest absolute Gasteiger partial charge is 0.406 e. The van der Waals surface area contributed by atoms with Crippen molar-refractivity contribution in [2.75, 3.05) is 13.2 Å². The quantitative estimate of drug-likeness (QED) is 0.507. The molecule has 0 radical (unpaired) electrons. The maximum atomic E-state index is 13.4. The Balaban J connectivity index is 2.36. The second kappa shape index (κ2) is 10.1. The van der Waals surface area contributed by atoms with Crippen LogP contribution in [0.5, 0.6) is 5.75 Å². The molecular weight excluding hydrogens is 394 g/mol. The summed E-state index contributed by atoms with van der Waals surface area (Å²) in [4.78, 5) is 0. The van der Waals surface area contributed by atoms with Crippen LogP contribution < -0.4 is 10.1 Å². The Bertz CT molecular complexity index is 776. The van der Waals surface area contributed by atoms with Gasteiger partial charge in [-0.1, -0.05) is 42.5 Å². The topological polar surface area (TPSA) is 56.8 Å². The number of halogens is 3. The van der Waals surface area contributed by atoms with Crippen LogP contribution in [-0.2, 0) is 20.2 Å². The molecule has 154 valence electrons. The van der Waals surface area contributed by atoms with Gasteiger partial charge in [-0.15, -0.1) is 13.2 Å². The molecule has 1 unspecified atom stereocenters. The van der Waals surface area contributed by atoms with Gasteiger partial charge in [0.1, 0.15) is 11.5 Å². The summed E-state index contributed by atoms with van der Waals surface area (Å²) in [5, 5.41) is 3.10. The highest BCUT2D eigenvalue weighted by molar-refractivity contribution is 7.54. The fraction of sp³-hybridized carbons (Fsp3) is 0.368. The van der Waals surface area contributed by atoms with Crippen LogP contribution in [-0.4, -0.2) is 19.6 Å². The van der Waals surface area contributed by atoms with Crippen LogP contribution >= 0.6 is 7.60 Å². The molecule has 1 atom stereocenters. The van der Waals surface area contributed by atoms with E-state index in [2.05, 4.69) is 10.1 Å². The first-order chi connectivity index (χ1) is 13.3. The predicted molar refractivity (Wildman–Crippen MR) is 100 cm³/mol. The summed E-state index contributed by atoms with van der Waals surface area (Å²) in [5.74, 6) is -1.37. The largest absolute Gasteiger partial charge is 0.573 e. The van der Waals surface area contributed by atoms with Gasteiger partial charge in [-0.3, -0.25) is 9.88 Å². The van der Waals surface area contributed by atoms with Crippen molar-refractivity contribution in [3.8, 4) is 5.75 Å². The van der Waals surface area contributed by atoms with Gasteiger partial charge in [0.25, 0.3) is 0 Å². The van der Waals surface area contributed by atoms with Crippen LogP contribution in [0.15, 0.2) is 54.6 Å². The number of hydrogen-bond acceptors (Lipinski definition) is 5. The first-order valence-electron chi connectivity index (χ1n) is 8.79. The Morgan fingerprint density at radius 3 is 2.21 bits per heavy atom. The van der Waals surface area contributed by atoms with Crippen LogP contribution in [0.3, 0.4) is 0 Å². The minimum absolute atomic E-state index is 0.125. The number of ether oxygens (including phenoxy) is 1. The Hall–Kier alpha value is -1.86. The first-order valence-corrected chi connectivity index (χ1v) is 10.4. The van der Waals surface area contributed by atoms with Crippen molar-refractivity contribution in [3.05, 3.63) is 65.7 Å². The summed E-state index contributed by atoms with van der Waals surface area (Å²) in [7, 11) is -3.71. The van der Waals surface area contributed by atoms with Gasteiger partial charge in [0.2, 0.25) is 0 Å². The number of benzene rings is 2. The molecule has 5 nitrogen and oxygen atoms in total. The Morgan fingerprint density at radius 2 is 1.64 bits per heavy atom. The molecule has 2 aromatic rings. The molecule has 0 heterocycles. The van der Waals surface area contributed by atoms with Gasteiger partial charge in [-0.05, 0) is 37.1 Å². The van der Waals surface area contributed by atoms with Crippen LogP contribution in [0, 0.1) is 0 Å². The monoisotopic (exact) mass is 417 g/mol. The van der Waals surface area contributed by atoms with Crippen molar-refractivity contribution in [2.24, 2.45) is 0 Å². The summed E-state index contributed by atoms with van der Waals surface area (Å²) in [5.41, 5.74) is 1.22. The standard InChI is InChI=1S/C19H23F3NO4P/c1-3-25-28(24,26-4-2)18(23-14-15-9-6-5-7-10-15)16-11-8-12-17(13-16)27-19(20,21)22/h5-13,18,23H,3-4,14H2,1-2H3. The second-order valence-electron chi connectivity index (χ2n) is 5.76. The van der Waals surface area contributed by atoms with E-state index < -0.39 is 25.5 Å². The molecular formula is C19H23F3NO4P. The van der Waals surface area contributed by atoms with Gasteiger partial charge >= 0.3 is 14.0 Å². The van der Waals surface area contributed by atoms with Crippen molar-refractivity contribution >= 4 is 7.60 Å². The van der Waals surface area contributed by atoms with Crippen molar-refractivity contribution < 1.29 is 31.5 Å². The second-order valence-corrected chi connectivity index (χ2v) is 7.88. The molecule has 0 spiro atoms. The molecule has 0 aromatic heterocycles. The third kappa shape index (κ3) is 6.63. The average Bonchev–Trinajstić information content (AvgIpc) is 2.62. The van der Waals surface area contributed by atoms with E-state index in [0.29, 0.717) is 12.1 Å². The van der Waals surface area contributed by atoms with Gasteiger partial charge < -0.3 is 13.8 Å². The molecule has 0 aliphatic carbocycles. The molecule has 2 rings (SSSR count). The maximum absolute atomic E-state index is 13.4. The molecule has 0 aliphatic rings. The van der Waals surface area contributed by atoms with Gasteiger partial charge in [0.15, 0.2) is 0 Å². The normalized spacial score (nSPS) is 13.3. The summed E-state index contributed by atoms with van der Waals surface area (Å²) in [6, 6.07) is 14.6. The van der Waals surface area contributed by atoms with Crippen LogP contribution in [0.4, 0.5) is 13.2 Å². The third-order valence-corrected chi connectivity index (χ3v) is 6.03. The summed E-state index contributed by atoms with van der Waals surface area (Å²) >= 11 is 0. The molecule has 0 fully saturated rings. The van der Waals surface area contributed by atoms with Crippen molar-refractivity contribution in [1.82, 2.24) is 5.32 Å². The van der Waals surface area contributed by atoms with Crippen molar-refractivity contribution in [1.29, 1.82) is 0 Å². The van der Waals surface area contributed by atoms with Gasteiger partial charge in [0, 0.05) is 6.54 Å². The number of alkyl halides is 3. The lowest BCUT2D eigenvalue weighted by Crippen LogP contribution is -2.23. The fourth-order valence-corrected chi connectivity index (χ4v) is 4.58. The minimum atomic E-state index is -4.82. The Kier molecular flexibility index (Phi) is 8.07. The number of hydrogen-bond donors (Lipinski definition) is 1. The van der Waals surface area contributed by atoms with E-state index in [9.17, 15) is 17.7 Å². The highest BCUT2D eigenvalue weighted by Crippen LogP contribution is 2.59. The molecule has 9 heteroatoms. The fourth-order valence-electron chi connectivity index (χ4n) is 2.65. The Labute approximate surface area is 162 Å². The molecule has 0 saturated carbocycles. The van der Waals surface area contributed by atoms with E-state index in [1.807, 2.05) is 30.3 Å². The molecule has 0 saturated heterocycles. The Morgan fingerprint density at radius 1 is 1.00 bits per heavy atom. The number of rotatable bonds is 10. The lowest BCUT2D eigenvalue weighted by molar-refractivity contribution is -0.274. The maximum Gasteiger partial charge on any atom is 0.573 e. The molecule has 0 aliphatic heterocycles. The minimum Gasteiger partial charge on any atom is -0.406 e. The van der Waals surface area contributed by atoms with E-state index in [1.54, 1.807) is 19.9 Å². The lowest BCUT2D eigenvalue weighted by atomic mass is 10.2. The molecule has 28 heavy (non-hydrogen) atoms. The highest BCUT2D eigenvalue weighted by atomic mass is 31.2. The zero-order chi connectivity index (χ0) is 20.6. The van der Waals surface area contributed by atoms with Gasteiger partial charge in [-0.2, -0.15) is 0 Å². The SMILES string of the molecule is CCOP(=O)(OCC)C(NCc1ccccc1)c1cccc(OC(F)(F)F)c1. The van der Waals surface area contributed by atoms with E-state index in [4.69, 9.17) is 9.05 Å². The van der Waals surface area contributed by atoms with Crippen LogP contribution in [0.1, 0.15) is 30.8 Å². The zero-order valence-electron chi connectivity index (χ0n) is 15.6. The summed E-state index contributed by atoms with van der Waals surface area (Å²) in [6.45, 7) is 3.91. The van der Waals surface area contributed by atoms with Crippen molar-refractivity contribution in [2.45, 2.75) is 32.5 Å². The highest BCUT2D eigenvalue weighted by Gasteiger charge is 2.37. The average molecular weight is 417 g/mol. The third-order valence-electron chi connectivity index (χ3n) is 3.68. The van der Waals surface area contributed by atoms with Crippen LogP contribution in [0.25, 0.3) is 0 Å². The molecule has 1 N–H and O–H groups in total. The van der Waals surface area contributed by atoms with E-state index in [0.717, 1.165) is 5.56 Å². The molecule has 0 bridgehead atoms. The zero-order valence-corrected chi connectivity index (χ0v) is 16.5. The summed E-state index contributed by atoms with van der Waals surface area (Å²) < 4.78 is 65.9. The van der Waals surface area contributed by atoms with Gasteiger partial charge in [0.05, 0.1) is 13.2 Å². The van der Waals surface area contributed by atoms with E-state index in [-0.39, 0.29) is 13.2 Å². The number of nitrogens with one attached hydrogen (secondary N) is 1.